The molecule has 4 heteroatoms. The fourth-order valence-electron chi connectivity index (χ4n) is 5.48. The van der Waals surface area contributed by atoms with Crippen molar-refractivity contribution >= 4 is 11.9 Å². The summed E-state index contributed by atoms with van der Waals surface area (Å²) in [5, 5.41) is 12.5. The van der Waals surface area contributed by atoms with Crippen LogP contribution in [0.15, 0.2) is 0 Å². The zero-order valence-electron chi connectivity index (χ0n) is 13.3. The van der Waals surface area contributed by atoms with Crippen LogP contribution in [-0.2, 0) is 9.59 Å². The zero-order valence-corrected chi connectivity index (χ0v) is 13.3. The van der Waals surface area contributed by atoms with Gasteiger partial charge in [-0.1, -0.05) is 27.2 Å². The third-order valence-electron chi connectivity index (χ3n) is 6.73. The van der Waals surface area contributed by atoms with Crippen molar-refractivity contribution in [3.8, 4) is 0 Å². The van der Waals surface area contributed by atoms with E-state index in [1.54, 1.807) is 0 Å². The molecule has 21 heavy (non-hydrogen) atoms. The fourth-order valence-corrected chi connectivity index (χ4v) is 5.48. The predicted octanol–water partition coefficient (Wildman–Crippen LogP) is 2.82. The van der Waals surface area contributed by atoms with E-state index in [4.69, 9.17) is 0 Å². The van der Waals surface area contributed by atoms with Gasteiger partial charge in [0.25, 0.3) is 0 Å². The first-order valence-corrected chi connectivity index (χ1v) is 8.29. The summed E-state index contributed by atoms with van der Waals surface area (Å²) in [7, 11) is 0. The van der Waals surface area contributed by atoms with Crippen molar-refractivity contribution in [3.05, 3.63) is 0 Å². The van der Waals surface area contributed by atoms with Gasteiger partial charge in [-0.3, -0.25) is 9.59 Å². The molecule has 0 aromatic rings. The number of carboxylic acid groups (broad SMARTS) is 1. The van der Waals surface area contributed by atoms with Crippen molar-refractivity contribution in [2.45, 2.75) is 65.3 Å². The van der Waals surface area contributed by atoms with Crippen molar-refractivity contribution in [2.24, 2.45) is 28.6 Å². The maximum atomic E-state index is 12.6. The summed E-state index contributed by atoms with van der Waals surface area (Å²) in [6.07, 6.45) is 5.84. The number of hydrogen-bond donors (Lipinski definition) is 2. The number of carbonyl (C=O) groups excluding carboxylic acids is 1. The lowest BCUT2D eigenvalue weighted by atomic mass is 9.68. The maximum Gasteiger partial charge on any atom is 0.307 e. The smallest absolute Gasteiger partial charge is 0.307 e. The fraction of sp³-hybridized carbons (Fsp3) is 0.882. The van der Waals surface area contributed by atoms with E-state index in [1.807, 2.05) is 0 Å². The summed E-state index contributed by atoms with van der Waals surface area (Å²) >= 11 is 0. The van der Waals surface area contributed by atoms with Gasteiger partial charge in [-0.05, 0) is 48.9 Å². The molecule has 0 spiro atoms. The highest BCUT2D eigenvalue weighted by molar-refractivity contribution is 5.85. The van der Waals surface area contributed by atoms with Crippen LogP contribution in [0.25, 0.3) is 0 Å². The van der Waals surface area contributed by atoms with E-state index in [1.165, 1.54) is 19.3 Å². The molecule has 4 nitrogen and oxygen atoms in total. The Bertz CT molecular complexity index is 468. The molecule has 2 bridgehead atoms. The second-order valence-electron chi connectivity index (χ2n) is 8.34. The predicted molar refractivity (Wildman–Crippen MR) is 79.6 cm³/mol. The normalized spacial score (nSPS) is 44.0. The first-order chi connectivity index (χ1) is 9.75. The third-order valence-corrected chi connectivity index (χ3v) is 6.73. The van der Waals surface area contributed by atoms with E-state index in [-0.39, 0.29) is 28.7 Å². The molecule has 0 aliphatic heterocycles. The quantitative estimate of drug-likeness (QED) is 0.841. The van der Waals surface area contributed by atoms with Crippen molar-refractivity contribution in [1.82, 2.24) is 5.32 Å². The molecule has 0 saturated heterocycles. The molecule has 3 saturated carbocycles. The molecule has 5 atom stereocenters. The monoisotopic (exact) mass is 293 g/mol. The summed E-state index contributed by atoms with van der Waals surface area (Å²) in [4.78, 5) is 23.9. The van der Waals surface area contributed by atoms with Crippen LogP contribution in [0.3, 0.4) is 0 Å². The van der Waals surface area contributed by atoms with Crippen molar-refractivity contribution in [3.63, 3.8) is 0 Å². The Morgan fingerprint density at radius 3 is 2.33 bits per heavy atom. The van der Waals surface area contributed by atoms with Crippen LogP contribution in [0.1, 0.15) is 59.3 Å². The van der Waals surface area contributed by atoms with Gasteiger partial charge in [-0.15, -0.1) is 0 Å². The molecule has 3 fully saturated rings. The van der Waals surface area contributed by atoms with Crippen LogP contribution in [-0.4, -0.2) is 23.0 Å². The first-order valence-electron chi connectivity index (χ1n) is 8.29. The Morgan fingerprint density at radius 2 is 1.76 bits per heavy atom. The second-order valence-corrected chi connectivity index (χ2v) is 8.34. The highest BCUT2D eigenvalue weighted by atomic mass is 16.4. The number of carbonyl (C=O) groups is 2. The van der Waals surface area contributed by atoms with Gasteiger partial charge in [0, 0.05) is 6.04 Å². The number of rotatable bonds is 3. The number of hydrogen-bond acceptors (Lipinski definition) is 2. The Morgan fingerprint density at radius 1 is 1.10 bits per heavy atom. The topological polar surface area (TPSA) is 66.4 Å². The van der Waals surface area contributed by atoms with Gasteiger partial charge >= 0.3 is 5.97 Å². The molecule has 0 heterocycles. The average molecular weight is 293 g/mol. The highest BCUT2D eigenvalue weighted by Gasteiger charge is 2.60. The Balaban J connectivity index is 1.74. The summed E-state index contributed by atoms with van der Waals surface area (Å²) < 4.78 is 0. The number of amides is 1. The molecule has 5 unspecified atom stereocenters. The number of nitrogens with one attached hydrogen (secondary N) is 1. The minimum Gasteiger partial charge on any atom is -0.481 e. The number of aliphatic carboxylic acids is 1. The Hall–Kier alpha value is -1.06. The van der Waals surface area contributed by atoms with Crippen LogP contribution in [0, 0.1) is 28.6 Å². The van der Waals surface area contributed by atoms with E-state index in [2.05, 4.69) is 26.1 Å². The van der Waals surface area contributed by atoms with E-state index in [9.17, 15) is 14.7 Å². The SMILES string of the molecule is CC12CCC(C1)C(C)(C)C2NC(=O)C1CCCC1C(=O)O. The van der Waals surface area contributed by atoms with Gasteiger partial charge in [0.2, 0.25) is 5.91 Å². The molecule has 3 aliphatic carbocycles. The van der Waals surface area contributed by atoms with Gasteiger partial charge in [0.05, 0.1) is 11.8 Å². The van der Waals surface area contributed by atoms with Crippen LogP contribution >= 0.6 is 0 Å². The molecule has 0 aromatic carbocycles. The summed E-state index contributed by atoms with van der Waals surface area (Å²) in [5.41, 5.74) is 0.321. The van der Waals surface area contributed by atoms with Gasteiger partial charge < -0.3 is 10.4 Å². The summed E-state index contributed by atoms with van der Waals surface area (Å²) in [6.45, 7) is 6.81. The minimum absolute atomic E-state index is 0.0215. The molecule has 0 radical (unpaired) electrons. The Labute approximate surface area is 126 Å². The Kier molecular flexibility index (Phi) is 3.34. The average Bonchev–Trinajstić information content (AvgIpc) is 3.04. The van der Waals surface area contributed by atoms with Gasteiger partial charge in [-0.25, -0.2) is 0 Å². The van der Waals surface area contributed by atoms with E-state index < -0.39 is 11.9 Å². The number of carboxylic acids is 1. The molecule has 2 N–H and O–H groups in total. The second kappa shape index (κ2) is 4.72. The van der Waals surface area contributed by atoms with Gasteiger partial charge in [0.15, 0.2) is 0 Å². The van der Waals surface area contributed by atoms with Crippen LogP contribution in [0.2, 0.25) is 0 Å². The third kappa shape index (κ3) is 2.18. The van der Waals surface area contributed by atoms with Gasteiger partial charge in [0.1, 0.15) is 0 Å². The van der Waals surface area contributed by atoms with E-state index in [0.29, 0.717) is 12.3 Å². The lowest BCUT2D eigenvalue weighted by Gasteiger charge is -2.43. The molecule has 3 rings (SSSR count). The van der Waals surface area contributed by atoms with Crippen molar-refractivity contribution in [1.29, 1.82) is 0 Å². The minimum atomic E-state index is -0.814. The van der Waals surface area contributed by atoms with Crippen LogP contribution in [0.5, 0.6) is 0 Å². The molecule has 118 valence electrons. The van der Waals surface area contributed by atoms with E-state index in [0.717, 1.165) is 12.8 Å². The number of fused-ring (bicyclic) bond motifs is 2. The van der Waals surface area contributed by atoms with Crippen molar-refractivity contribution < 1.29 is 14.7 Å². The van der Waals surface area contributed by atoms with Crippen molar-refractivity contribution in [2.75, 3.05) is 0 Å². The molecule has 0 aromatic heterocycles. The molecule has 1 amide bonds. The standard InChI is InChI=1S/C17H27NO3/c1-16(2)10-7-8-17(3,9-10)15(16)18-13(19)11-5-4-6-12(11)14(20)21/h10-12,15H,4-9H2,1-3H3,(H,18,19)(H,20,21). The maximum absolute atomic E-state index is 12.6. The van der Waals surface area contributed by atoms with Crippen LogP contribution < -0.4 is 5.32 Å². The van der Waals surface area contributed by atoms with E-state index >= 15 is 0 Å². The largest absolute Gasteiger partial charge is 0.481 e. The molecular weight excluding hydrogens is 266 g/mol. The molecule has 3 aliphatic rings. The zero-order chi connectivity index (χ0) is 15.4. The first kappa shape index (κ1) is 14.9. The lowest BCUT2D eigenvalue weighted by Crippen LogP contribution is -2.54. The summed E-state index contributed by atoms with van der Waals surface area (Å²) in [5.74, 6) is -0.968. The lowest BCUT2D eigenvalue weighted by molar-refractivity contribution is -0.146. The molecular formula is C17H27NO3. The summed E-state index contributed by atoms with van der Waals surface area (Å²) in [6, 6.07) is 0.186. The van der Waals surface area contributed by atoms with Gasteiger partial charge in [-0.2, -0.15) is 0 Å². The van der Waals surface area contributed by atoms with Crippen LogP contribution in [0.4, 0.5) is 0 Å². The highest BCUT2D eigenvalue weighted by Crippen LogP contribution is 2.62.